The minimum atomic E-state index is -0.416. The predicted octanol–water partition coefficient (Wildman–Crippen LogP) is 2.03. The maximum absolute atomic E-state index is 13.3. The lowest BCUT2D eigenvalue weighted by Crippen LogP contribution is -2.17. The summed E-state index contributed by atoms with van der Waals surface area (Å²) in [6, 6.07) is 3.48. The van der Waals surface area contributed by atoms with E-state index in [1.54, 1.807) is 10.9 Å². The normalized spacial score (nSPS) is 10.8. The van der Waals surface area contributed by atoms with E-state index in [0.717, 1.165) is 24.1 Å². The van der Waals surface area contributed by atoms with Crippen LogP contribution >= 0.6 is 0 Å². The van der Waals surface area contributed by atoms with Gasteiger partial charge < -0.3 is 5.32 Å². The number of halogens is 2. The zero-order valence-electron chi connectivity index (χ0n) is 10.2. The van der Waals surface area contributed by atoms with Gasteiger partial charge in [0.2, 0.25) is 0 Å². The van der Waals surface area contributed by atoms with Crippen LogP contribution in [0.15, 0.2) is 30.6 Å². The lowest BCUT2D eigenvalue weighted by Gasteiger charge is -2.05. The fourth-order valence-corrected chi connectivity index (χ4v) is 1.74. The molecule has 0 fully saturated rings. The van der Waals surface area contributed by atoms with Gasteiger partial charge in [-0.15, -0.1) is 0 Å². The van der Waals surface area contributed by atoms with Gasteiger partial charge in [-0.05, 0) is 36.7 Å². The Bertz CT molecular complexity index is 523. The molecule has 2 rings (SSSR count). The molecule has 5 heteroatoms. The van der Waals surface area contributed by atoms with Gasteiger partial charge >= 0.3 is 0 Å². The summed E-state index contributed by atoms with van der Waals surface area (Å²) in [5.74, 6) is -0.800. The lowest BCUT2D eigenvalue weighted by atomic mass is 10.2. The first-order valence-electron chi connectivity index (χ1n) is 5.77. The molecule has 0 bridgehead atoms. The minimum Gasteiger partial charge on any atom is -0.312 e. The fraction of sp³-hybridized carbons (Fsp3) is 0.308. The van der Waals surface area contributed by atoms with Gasteiger partial charge in [0.1, 0.15) is 11.6 Å². The molecular formula is C13H15F2N3. The summed E-state index contributed by atoms with van der Waals surface area (Å²) in [7, 11) is 1.86. The molecular weight excluding hydrogens is 236 g/mol. The van der Waals surface area contributed by atoms with E-state index < -0.39 is 5.82 Å². The van der Waals surface area contributed by atoms with Crippen LogP contribution in [-0.2, 0) is 20.0 Å². The van der Waals surface area contributed by atoms with Crippen LogP contribution in [0.5, 0.6) is 0 Å². The fourth-order valence-electron chi connectivity index (χ4n) is 1.74. The minimum absolute atomic E-state index is 0.323. The van der Waals surface area contributed by atoms with E-state index in [4.69, 9.17) is 0 Å². The Labute approximate surface area is 104 Å². The van der Waals surface area contributed by atoms with Gasteiger partial charge in [0.15, 0.2) is 0 Å². The van der Waals surface area contributed by atoms with Crippen LogP contribution in [0.2, 0.25) is 0 Å². The van der Waals surface area contributed by atoms with Crippen LogP contribution in [0.3, 0.4) is 0 Å². The molecule has 0 aliphatic rings. The molecule has 0 spiro atoms. The van der Waals surface area contributed by atoms with Crippen molar-refractivity contribution in [2.75, 3.05) is 6.54 Å². The van der Waals surface area contributed by atoms with Crippen molar-refractivity contribution in [3.05, 3.63) is 53.4 Å². The van der Waals surface area contributed by atoms with E-state index in [2.05, 4.69) is 10.4 Å². The maximum Gasteiger partial charge on any atom is 0.127 e. The van der Waals surface area contributed by atoms with Gasteiger partial charge in [-0.3, -0.25) is 4.68 Å². The van der Waals surface area contributed by atoms with E-state index in [9.17, 15) is 8.78 Å². The summed E-state index contributed by atoms with van der Waals surface area (Å²) in [6.07, 6.45) is 4.54. The summed E-state index contributed by atoms with van der Waals surface area (Å²) < 4.78 is 28.0. The van der Waals surface area contributed by atoms with Crippen LogP contribution in [0.4, 0.5) is 8.78 Å². The number of rotatable bonds is 5. The van der Waals surface area contributed by atoms with Crippen molar-refractivity contribution in [1.82, 2.24) is 15.1 Å². The largest absolute Gasteiger partial charge is 0.312 e. The molecule has 0 aliphatic carbocycles. The second kappa shape index (κ2) is 5.73. The molecule has 0 unspecified atom stereocenters. The smallest absolute Gasteiger partial charge is 0.127 e. The first-order chi connectivity index (χ1) is 8.65. The molecule has 18 heavy (non-hydrogen) atoms. The molecule has 1 N–H and O–H groups in total. The van der Waals surface area contributed by atoms with Crippen molar-refractivity contribution in [3.63, 3.8) is 0 Å². The Morgan fingerprint density at radius 1 is 1.33 bits per heavy atom. The van der Waals surface area contributed by atoms with Crippen LogP contribution in [0, 0.1) is 11.6 Å². The Morgan fingerprint density at radius 2 is 2.17 bits per heavy atom. The van der Waals surface area contributed by atoms with Crippen molar-refractivity contribution < 1.29 is 8.78 Å². The van der Waals surface area contributed by atoms with Gasteiger partial charge in [-0.25, -0.2) is 8.78 Å². The Balaban J connectivity index is 1.80. The third-order valence-electron chi connectivity index (χ3n) is 2.67. The summed E-state index contributed by atoms with van der Waals surface area (Å²) >= 11 is 0. The molecule has 1 heterocycles. The monoisotopic (exact) mass is 251 g/mol. The number of hydrogen-bond donors (Lipinski definition) is 1. The summed E-state index contributed by atoms with van der Waals surface area (Å²) in [5, 5.41) is 7.14. The van der Waals surface area contributed by atoms with E-state index in [1.807, 2.05) is 13.2 Å². The molecule has 0 radical (unpaired) electrons. The van der Waals surface area contributed by atoms with Crippen molar-refractivity contribution in [3.8, 4) is 0 Å². The van der Waals surface area contributed by atoms with Crippen molar-refractivity contribution >= 4 is 0 Å². The molecule has 0 amide bonds. The van der Waals surface area contributed by atoms with E-state index in [0.29, 0.717) is 18.7 Å². The van der Waals surface area contributed by atoms with Crippen LogP contribution in [-0.4, -0.2) is 16.3 Å². The van der Waals surface area contributed by atoms with E-state index in [-0.39, 0.29) is 5.82 Å². The molecule has 96 valence electrons. The van der Waals surface area contributed by atoms with Crippen molar-refractivity contribution in [2.45, 2.75) is 13.0 Å². The highest BCUT2D eigenvalue weighted by molar-refractivity contribution is 5.18. The standard InChI is InChI=1S/C13H15F2N3/c1-18-9-10(7-17-18)4-5-16-8-11-6-12(14)2-3-13(11)15/h2-3,6-7,9,16H,4-5,8H2,1H3. The average molecular weight is 251 g/mol. The zero-order valence-corrected chi connectivity index (χ0v) is 10.2. The number of aryl methyl sites for hydroxylation is 1. The molecule has 0 atom stereocenters. The lowest BCUT2D eigenvalue weighted by molar-refractivity contribution is 0.569. The van der Waals surface area contributed by atoms with Crippen LogP contribution < -0.4 is 5.32 Å². The van der Waals surface area contributed by atoms with Gasteiger partial charge in [0, 0.05) is 25.4 Å². The van der Waals surface area contributed by atoms with Gasteiger partial charge in [-0.1, -0.05) is 0 Å². The molecule has 0 saturated carbocycles. The SMILES string of the molecule is Cn1cc(CCNCc2cc(F)ccc2F)cn1. The summed E-state index contributed by atoms with van der Waals surface area (Å²) in [6.45, 7) is 1.02. The van der Waals surface area contributed by atoms with E-state index >= 15 is 0 Å². The van der Waals surface area contributed by atoms with E-state index in [1.165, 1.54) is 6.07 Å². The third kappa shape index (κ3) is 3.37. The Kier molecular flexibility index (Phi) is 4.04. The zero-order chi connectivity index (χ0) is 13.0. The predicted molar refractivity (Wildman–Crippen MR) is 65.0 cm³/mol. The molecule has 0 aliphatic heterocycles. The van der Waals surface area contributed by atoms with Crippen LogP contribution in [0.25, 0.3) is 0 Å². The number of benzene rings is 1. The molecule has 2 aromatic rings. The highest BCUT2D eigenvalue weighted by Gasteiger charge is 2.03. The van der Waals surface area contributed by atoms with Crippen molar-refractivity contribution in [2.24, 2.45) is 7.05 Å². The van der Waals surface area contributed by atoms with Crippen molar-refractivity contribution in [1.29, 1.82) is 0 Å². The highest BCUT2D eigenvalue weighted by atomic mass is 19.1. The molecule has 3 nitrogen and oxygen atoms in total. The second-order valence-corrected chi connectivity index (χ2v) is 4.18. The van der Waals surface area contributed by atoms with Gasteiger partial charge in [-0.2, -0.15) is 5.10 Å². The summed E-state index contributed by atoms with van der Waals surface area (Å²) in [4.78, 5) is 0. The number of hydrogen-bond acceptors (Lipinski definition) is 2. The highest BCUT2D eigenvalue weighted by Crippen LogP contribution is 2.09. The Hall–Kier alpha value is -1.75. The maximum atomic E-state index is 13.3. The topological polar surface area (TPSA) is 29.9 Å². The first kappa shape index (κ1) is 12.7. The number of aromatic nitrogens is 2. The summed E-state index contributed by atoms with van der Waals surface area (Å²) in [5.41, 5.74) is 1.46. The molecule has 1 aromatic carbocycles. The molecule has 1 aromatic heterocycles. The average Bonchev–Trinajstić information content (AvgIpc) is 2.75. The number of nitrogens with one attached hydrogen (secondary N) is 1. The second-order valence-electron chi connectivity index (χ2n) is 4.18. The van der Waals surface area contributed by atoms with Gasteiger partial charge in [0.05, 0.1) is 6.20 Å². The quantitative estimate of drug-likeness (QED) is 0.824. The Morgan fingerprint density at radius 3 is 2.89 bits per heavy atom. The molecule has 0 saturated heterocycles. The number of nitrogens with zero attached hydrogens (tertiary/aromatic N) is 2. The van der Waals surface area contributed by atoms with Crippen LogP contribution in [0.1, 0.15) is 11.1 Å². The van der Waals surface area contributed by atoms with Gasteiger partial charge in [0.25, 0.3) is 0 Å². The first-order valence-corrected chi connectivity index (χ1v) is 5.77. The third-order valence-corrected chi connectivity index (χ3v) is 2.67.